The van der Waals surface area contributed by atoms with Crippen LogP contribution >= 0.6 is 0 Å². The quantitative estimate of drug-likeness (QED) is 0.504. The van der Waals surface area contributed by atoms with Gasteiger partial charge >= 0.3 is 0 Å². The molecular weight excluding hydrogens is 351 g/mol. The molecule has 4 rings (SSSR count). The third kappa shape index (κ3) is 3.37. The predicted molar refractivity (Wildman–Crippen MR) is 95.7 cm³/mol. The van der Waals surface area contributed by atoms with E-state index in [0.29, 0.717) is 35.5 Å². The molecule has 1 amide bonds. The van der Waals surface area contributed by atoms with Crippen LogP contribution in [0.3, 0.4) is 0 Å². The Morgan fingerprint density at radius 1 is 1.30 bits per heavy atom. The van der Waals surface area contributed by atoms with Gasteiger partial charge in [-0.15, -0.1) is 0 Å². The van der Waals surface area contributed by atoms with E-state index in [1.807, 2.05) is 0 Å². The summed E-state index contributed by atoms with van der Waals surface area (Å²) >= 11 is 0. The number of aromatic nitrogens is 3. The number of nitrogens with zero attached hydrogens (tertiary/aromatic N) is 2. The molecule has 3 aromatic heterocycles. The number of phenols is 1. The van der Waals surface area contributed by atoms with E-state index < -0.39 is 11.6 Å². The number of aromatic hydroxyl groups is 1. The monoisotopic (exact) mass is 366 g/mol. The number of hydrogen-bond acceptors (Lipinski definition) is 5. The molecule has 3 heterocycles. The van der Waals surface area contributed by atoms with Crippen molar-refractivity contribution in [1.82, 2.24) is 20.3 Å². The number of phenolic OH excluding ortho intramolecular Hbond substituents is 1. The van der Waals surface area contributed by atoms with E-state index >= 15 is 0 Å². The van der Waals surface area contributed by atoms with Gasteiger partial charge < -0.3 is 19.8 Å². The molecule has 0 atom stereocenters. The first-order chi connectivity index (χ1) is 13.1. The molecule has 0 aliphatic carbocycles. The Kier molecular flexibility index (Phi) is 4.29. The van der Waals surface area contributed by atoms with Gasteiger partial charge in [0.15, 0.2) is 17.2 Å². The number of nitrogens with one attached hydrogen (secondary N) is 2. The summed E-state index contributed by atoms with van der Waals surface area (Å²) < 4.78 is 18.1. The largest absolute Gasteiger partial charge is 0.505 e. The zero-order valence-corrected chi connectivity index (χ0v) is 14.1. The zero-order valence-electron chi connectivity index (χ0n) is 14.1. The van der Waals surface area contributed by atoms with E-state index in [0.717, 1.165) is 11.1 Å². The third-order valence-electron chi connectivity index (χ3n) is 4.14. The van der Waals surface area contributed by atoms with Crippen molar-refractivity contribution in [2.45, 2.75) is 6.42 Å². The van der Waals surface area contributed by atoms with Crippen LogP contribution in [-0.4, -0.2) is 32.5 Å². The molecule has 0 saturated heterocycles. The van der Waals surface area contributed by atoms with E-state index in [4.69, 9.17) is 4.42 Å². The van der Waals surface area contributed by atoms with Crippen molar-refractivity contribution in [3.05, 3.63) is 66.0 Å². The van der Waals surface area contributed by atoms with Crippen LogP contribution in [0.15, 0.2) is 53.5 Å². The number of benzene rings is 1. The molecule has 0 aliphatic rings. The predicted octanol–water partition coefficient (Wildman–Crippen LogP) is 3.04. The average Bonchev–Trinajstić information content (AvgIpc) is 3.33. The molecule has 3 N–H and O–H groups in total. The van der Waals surface area contributed by atoms with Crippen LogP contribution in [0.5, 0.6) is 5.75 Å². The van der Waals surface area contributed by atoms with Crippen LogP contribution < -0.4 is 5.32 Å². The van der Waals surface area contributed by atoms with Gasteiger partial charge in [-0.05, 0) is 36.2 Å². The number of carbonyl (C=O) groups is 1. The Morgan fingerprint density at radius 3 is 2.96 bits per heavy atom. The number of pyridine rings is 1. The Hall–Kier alpha value is -3.68. The highest BCUT2D eigenvalue weighted by atomic mass is 19.1. The number of imidazole rings is 1. The van der Waals surface area contributed by atoms with Gasteiger partial charge in [0.05, 0.1) is 22.9 Å². The molecule has 7 nitrogen and oxygen atoms in total. The van der Waals surface area contributed by atoms with Crippen LogP contribution in [0.4, 0.5) is 4.39 Å². The van der Waals surface area contributed by atoms with Gasteiger partial charge in [0.1, 0.15) is 12.1 Å². The smallest absolute Gasteiger partial charge is 0.253 e. The number of furan rings is 1. The normalized spacial score (nSPS) is 11.0. The fourth-order valence-corrected chi connectivity index (χ4v) is 2.77. The number of H-pyrrole nitrogens is 1. The number of amides is 1. The van der Waals surface area contributed by atoms with Crippen LogP contribution in [0, 0.1) is 5.82 Å². The Labute approximate surface area is 152 Å². The van der Waals surface area contributed by atoms with Crippen molar-refractivity contribution in [1.29, 1.82) is 0 Å². The van der Waals surface area contributed by atoms with Crippen molar-refractivity contribution < 1.29 is 18.7 Å². The molecule has 0 fully saturated rings. The summed E-state index contributed by atoms with van der Waals surface area (Å²) in [5, 5.41) is 12.2. The van der Waals surface area contributed by atoms with Gasteiger partial charge in [-0.2, -0.15) is 0 Å². The first kappa shape index (κ1) is 16.8. The van der Waals surface area contributed by atoms with Gasteiger partial charge in [0.2, 0.25) is 0 Å². The molecule has 0 radical (unpaired) electrons. The second-order valence-corrected chi connectivity index (χ2v) is 5.95. The zero-order chi connectivity index (χ0) is 18.8. The molecule has 8 heteroatoms. The van der Waals surface area contributed by atoms with E-state index in [1.165, 1.54) is 24.6 Å². The molecular formula is C19H15FN4O3. The summed E-state index contributed by atoms with van der Waals surface area (Å²) in [7, 11) is 0. The minimum Gasteiger partial charge on any atom is -0.505 e. The van der Waals surface area contributed by atoms with Gasteiger partial charge in [0, 0.05) is 12.7 Å². The number of fused-ring (bicyclic) bond motifs is 1. The van der Waals surface area contributed by atoms with Crippen LogP contribution in [0.2, 0.25) is 0 Å². The maximum Gasteiger partial charge on any atom is 0.253 e. The second-order valence-electron chi connectivity index (χ2n) is 5.95. The highest BCUT2D eigenvalue weighted by molar-refractivity contribution is 6.04. The van der Waals surface area contributed by atoms with E-state index in [9.17, 15) is 14.3 Å². The summed E-state index contributed by atoms with van der Waals surface area (Å²) in [6.07, 6.45) is 5.07. The summed E-state index contributed by atoms with van der Waals surface area (Å²) in [6.45, 7) is 0.330. The lowest BCUT2D eigenvalue weighted by atomic mass is 10.1. The molecule has 1 aromatic carbocycles. The number of halogens is 1. The van der Waals surface area contributed by atoms with Gasteiger partial charge in [-0.25, -0.2) is 14.4 Å². The maximum atomic E-state index is 13.1. The minimum atomic E-state index is -0.672. The van der Waals surface area contributed by atoms with Crippen molar-refractivity contribution >= 4 is 17.1 Å². The lowest BCUT2D eigenvalue weighted by Crippen LogP contribution is -2.26. The maximum absolute atomic E-state index is 13.1. The van der Waals surface area contributed by atoms with Crippen LogP contribution in [-0.2, 0) is 6.42 Å². The lowest BCUT2D eigenvalue weighted by Gasteiger charge is -2.06. The Bertz CT molecular complexity index is 1110. The molecule has 0 spiro atoms. The third-order valence-corrected chi connectivity index (χ3v) is 4.14. The molecule has 0 bridgehead atoms. The SMILES string of the molecule is O=C(NCCc1ccc(F)c(O)c1)c1ccnc2nc(-c3ccoc3)[nH]c12. The number of carbonyl (C=O) groups excluding carboxylic acids is 1. The minimum absolute atomic E-state index is 0.281. The molecule has 0 unspecified atom stereocenters. The Balaban J connectivity index is 1.49. The number of hydrogen-bond donors (Lipinski definition) is 3. The summed E-state index contributed by atoms with van der Waals surface area (Å²) in [5.74, 6) is -0.794. The highest BCUT2D eigenvalue weighted by Crippen LogP contribution is 2.22. The van der Waals surface area contributed by atoms with Crippen molar-refractivity contribution in [3.8, 4) is 17.1 Å². The second kappa shape index (κ2) is 6.91. The van der Waals surface area contributed by atoms with Crippen molar-refractivity contribution in [2.75, 3.05) is 6.54 Å². The molecule has 0 saturated carbocycles. The highest BCUT2D eigenvalue weighted by Gasteiger charge is 2.15. The first-order valence-electron chi connectivity index (χ1n) is 8.24. The molecule has 4 aromatic rings. The van der Waals surface area contributed by atoms with E-state index in [2.05, 4.69) is 20.3 Å². The summed E-state index contributed by atoms with van der Waals surface area (Å²) in [6, 6.07) is 7.48. The molecule has 0 aliphatic heterocycles. The van der Waals surface area contributed by atoms with Crippen molar-refractivity contribution in [2.24, 2.45) is 0 Å². The first-order valence-corrected chi connectivity index (χ1v) is 8.24. The fourth-order valence-electron chi connectivity index (χ4n) is 2.77. The average molecular weight is 366 g/mol. The van der Waals surface area contributed by atoms with Crippen LogP contribution in [0.1, 0.15) is 15.9 Å². The van der Waals surface area contributed by atoms with Gasteiger partial charge in [-0.3, -0.25) is 4.79 Å². The van der Waals surface area contributed by atoms with Gasteiger partial charge in [-0.1, -0.05) is 6.07 Å². The standard InChI is InChI=1S/C19H15FN4O3/c20-14-2-1-11(9-15(14)25)3-6-22-19(26)13-4-7-21-18-16(13)23-17(24-18)12-5-8-27-10-12/h1-2,4-5,7-10,25H,3,6H2,(H,22,26)(H,21,23,24). The number of rotatable bonds is 5. The topological polar surface area (TPSA) is 104 Å². The lowest BCUT2D eigenvalue weighted by molar-refractivity contribution is 0.0955. The van der Waals surface area contributed by atoms with Crippen LogP contribution in [0.25, 0.3) is 22.6 Å². The Morgan fingerprint density at radius 2 is 2.19 bits per heavy atom. The summed E-state index contributed by atoms with van der Waals surface area (Å²) in [5.41, 5.74) is 2.87. The van der Waals surface area contributed by atoms with E-state index in [-0.39, 0.29) is 5.91 Å². The summed E-state index contributed by atoms with van der Waals surface area (Å²) in [4.78, 5) is 24.2. The molecule has 136 valence electrons. The van der Waals surface area contributed by atoms with Crippen molar-refractivity contribution in [3.63, 3.8) is 0 Å². The number of aromatic amines is 1. The fraction of sp³-hybridized carbons (Fsp3) is 0.105. The molecule has 27 heavy (non-hydrogen) atoms. The van der Waals surface area contributed by atoms with Gasteiger partial charge in [0.25, 0.3) is 5.91 Å². The van der Waals surface area contributed by atoms with E-state index in [1.54, 1.807) is 24.5 Å².